The molecule has 0 atom stereocenters. The molecule has 3 rings (SSSR count). The molecule has 0 spiro atoms. The average molecular weight is 336 g/mol. The number of rotatable bonds is 4. The molecule has 0 saturated carbocycles. The Hall–Kier alpha value is -2.06. The van der Waals surface area contributed by atoms with Crippen molar-refractivity contribution in [2.24, 2.45) is 7.05 Å². The second-order valence-electron chi connectivity index (χ2n) is 4.43. The highest BCUT2D eigenvalue weighted by molar-refractivity contribution is 7.98. The van der Waals surface area contributed by atoms with Crippen molar-refractivity contribution in [1.82, 2.24) is 9.55 Å². The summed E-state index contributed by atoms with van der Waals surface area (Å²) in [6.07, 6.45) is 1.44. The molecule has 0 N–H and O–H groups in total. The Bertz CT molecular complexity index is 894. The standard InChI is InChI=1S/C14H12N2O4S2/c1-16-12(17)11-9(4-6-21-11)15-14(16)22-7-10-8(3-5-20-10)13(18)19-2/h3-6H,7H2,1-2H3. The first kappa shape index (κ1) is 14.9. The van der Waals surface area contributed by atoms with E-state index in [9.17, 15) is 9.59 Å². The van der Waals surface area contributed by atoms with Gasteiger partial charge in [-0.15, -0.1) is 11.3 Å². The van der Waals surface area contributed by atoms with Gasteiger partial charge in [0.15, 0.2) is 5.16 Å². The van der Waals surface area contributed by atoms with Gasteiger partial charge < -0.3 is 9.15 Å². The largest absolute Gasteiger partial charge is 0.468 e. The van der Waals surface area contributed by atoms with Crippen molar-refractivity contribution < 1.29 is 13.9 Å². The van der Waals surface area contributed by atoms with E-state index < -0.39 is 5.97 Å². The summed E-state index contributed by atoms with van der Waals surface area (Å²) >= 11 is 2.71. The molecule has 0 radical (unpaired) electrons. The molecule has 3 aromatic rings. The minimum absolute atomic E-state index is 0.0739. The van der Waals surface area contributed by atoms with E-state index in [4.69, 9.17) is 9.15 Å². The summed E-state index contributed by atoms with van der Waals surface area (Å²) in [5.74, 6) is 0.434. The monoisotopic (exact) mass is 336 g/mol. The molecule has 6 nitrogen and oxygen atoms in total. The summed E-state index contributed by atoms with van der Waals surface area (Å²) in [5, 5.41) is 2.41. The van der Waals surface area contributed by atoms with Crippen molar-refractivity contribution in [3.8, 4) is 0 Å². The predicted octanol–water partition coefficient (Wildman–Crippen LogP) is 2.67. The molecule has 0 unspecified atom stereocenters. The molecule has 22 heavy (non-hydrogen) atoms. The first-order valence-electron chi connectivity index (χ1n) is 6.33. The first-order valence-corrected chi connectivity index (χ1v) is 8.20. The number of nitrogens with zero attached hydrogens (tertiary/aromatic N) is 2. The predicted molar refractivity (Wildman–Crippen MR) is 84.5 cm³/mol. The molecule has 0 amide bonds. The minimum atomic E-state index is -0.445. The SMILES string of the molecule is COC(=O)c1ccoc1CSc1nc2ccsc2c(=O)n1C. The second kappa shape index (κ2) is 5.98. The van der Waals surface area contributed by atoms with Gasteiger partial charge in [0.05, 0.1) is 24.6 Å². The number of carbonyl (C=O) groups excluding carboxylic acids is 1. The third-order valence-corrected chi connectivity index (χ3v) is 5.05. The van der Waals surface area contributed by atoms with Crippen LogP contribution in [-0.4, -0.2) is 22.6 Å². The van der Waals surface area contributed by atoms with Crippen molar-refractivity contribution in [3.05, 3.63) is 45.5 Å². The molecule has 0 fully saturated rings. The zero-order chi connectivity index (χ0) is 15.7. The number of aromatic nitrogens is 2. The molecular weight excluding hydrogens is 324 g/mol. The number of hydrogen-bond acceptors (Lipinski definition) is 7. The maximum absolute atomic E-state index is 12.2. The fraction of sp³-hybridized carbons (Fsp3) is 0.214. The summed E-state index contributed by atoms with van der Waals surface area (Å²) in [4.78, 5) is 28.3. The van der Waals surface area contributed by atoms with Crippen LogP contribution in [0.2, 0.25) is 0 Å². The van der Waals surface area contributed by atoms with Crippen LogP contribution in [0, 0.1) is 0 Å². The fourth-order valence-corrected chi connectivity index (χ4v) is 3.70. The van der Waals surface area contributed by atoms with Crippen molar-refractivity contribution in [3.63, 3.8) is 0 Å². The van der Waals surface area contributed by atoms with Gasteiger partial charge >= 0.3 is 5.97 Å². The van der Waals surface area contributed by atoms with E-state index in [1.807, 2.05) is 11.4 Å². The molecule has 114 valence electrons. The molecule has 3 heterocycles. The number of carbonyl (C=O) groups is 1. The van der Waals surface area contributed by atoms with Crippen LogP contribution in [0.25, 0.3) is 10.2 Å². The van der Waals surface area contributed by atoms with E-state index in [0.717, 1.165) is 0 Å². The van der Waals surface area contributed by atoms with Gasteiger partial charge in [-0.3, -0.25) is 9.36 Å². The molecule has 8 heteroatoms. The second-order valence-corrected chi connectivity index (χ2v) is 6.29. The summed E-state index contributed by atoms with van der Waals surface area (Å²) in [6, 6.07) is 3.38. The van der Waals surface area contributed by atoms with Crippen molar-refractivity contribution in [2.75, 3.05) is 7.11 Å². The summed E-state index contributed by atoms with van der Waals surface area (Å²) < 4.78 is 12.2. The van der Waals surface area contributed by atoms with Gasteiger partial charge in [0.2, 0.25) is 0 Å². The van der Waals surface area contributed by atoms with E-state index in [0.29, 0.717) is 32.4 Å². The van der Waals surface area contributed by atoms with E-state index in [1.165, 1.54) is 41.0 Å². The molecule has 0 aliphatic heterocycles. The lowest BCUT2D eigenvalue weighted by atomic mass is 10.3. The molecule has 0 saturated heterocycles. The number of hydrogen-bond donors (Lipinski definition) is 0. The van der Waals surface area contributed by atoms with Crippen LogP contribution in [0.3, 0.4) is 0 Å². The number of fused-ring (bicyclic) bond motifs is 1. The van der Waals surface area contributed by atoms with Gasteiger partial charge in [0, 0.05) is 7.05 Å². The average Bonchev–Trinajstić information content (AvgIpc) is 3.17. The lowest BCUT2D eigenvalue weighted by Crippen LogP contribution is -2.18. The first-order chi connectivity index (χ1) is 10.6. The van der Waals surface area contributed by atoms with Crippen LogP contribution in [0.5, 0.6) is 0 Å². The number of furan rings is 1. The van der Waals surface area contributed by atoms with Gasteiger partial charge in [-0.05, 0) is 17.5 Å². The minimum Gasteiger partial charge on any atom is -0.468 e. The Morgan fingerprint density at radius 2 is 2.32 bits per heavy atom. The van der Waals surface area contributed by atoms with Crippen molar-refractivity contribution >= 4 is 39.3 Å². The highest BCUT2D eigenvalue weighted by Gasteiger charge is 2.17. The van der Waals surface area contributed by atoms with E-state index in [1.54, 1.807) is 13.1 Å². The number of methoxy groups -OCH3 is 1. The maximum Gasteiger partial charge on any atom is 0.341 e. The van der Waals surface area contributed by atoms with Crippen molar-refractivity contribution in [2.45, 2.75) is 10.9 Å². The normalized spacial score (nSPS) is 11.0. The summed E-state index contributed by atoms with van der Waals surface area (Å²) in [6.45, 7) is 0. The van der Waals surface area contributed by atoms with Crippen LogP contribution < -0.4 is 5.56 Å². The van der Waals surface area contributed by atoms with Gasteiger partial charge in [-0.1, -0.05) is 11.8 Å². The summed E-state index contributed by atoms with van der Waals surface area (Å²) in [5.41, 5.74) is 0.995. The van der Waals surface area contributed by atoms with Crippen LogP contribution >= 0.6 is 23.1 Å². The van der Waals surface area contributed by atoms with Gasteiger partial charge in [0.1, 0.15) is 16.0 Å². The molecule has 0 aliphatic rings. The van der Waals surface area contributed by atoms with Crippen LogP contribution in [0.4, 0.5) is 0 Å². The molecule has 0 aliphatic carbocycles. The molecule has 0 bridgehead atoms. The third-order valence-electron chi connectivity index (χ3n) is 3.13. The number of thioether (sulfide) groups is 1. The smallest absolute Gasteiger partial charge is 0.341 e. The summed E-state index contributed by atoms with van der Waals surface area (Å²) in [7, 11) is 3.00. The zero-order valence-electron chi connectivity index (χ0n) is 11.9. The Labute approximate surface area is 133 Å². The molecule has 3 aromatic heterocycles. The molecular formula is C14H12N2O4S2. The highest BCUT2D eigenvalue weighted by atomic mass is 32.2. The van der Waals surface area contributed by atoms with Crippen molar-refractivity contribution in [1.29, 1.82) is 0 Å². The topological polar surface area (TPSA) is 74.3 Å². The Morgan fingerprint density at radius 3 is 3.09 bits per heavy atom. The third kappa shape index (κ3) is 2.55. The van der Waals surface area contributed by atoms with Crippen LogP contribution in [0.15, 0.2) is 38.1 Å². The quantitative estimate of drug-likeness (QED) is 0.414. The number of ether oxygens (including phenoxy) is 1. The lowest BCUT2D eigenvalue weighted by molar-refractivity contribution is 0.0598. The Kier molecular flexibility index (Phi) is 4.04. The van der Waals surface area contributed by atoms with Crippen LogP contribution in [-0.2, 0) is 17.5 Å². The number of esters is 1. The van der Waals surface area contributed by atoms with Gasteiger partial charge in [-0.2, -0.15) is 0 Å². The number of thiophene rings is 1. The fourth-order valence-electron chi connectivity index (χ4n) is 1.97. The lowest BCUT2D eigenvalue weighted by Gasteiger charge is -2.06. The maximum atomic E-state index is 12.2. The van der Waals surface area contributed by atoms with Crippen LogP contribution in [0.1, 0.15) is 16.1 Å². The Morgan fingerprint density at radius 1 is 1.50 bits per heavy atom. The van der Waals surface area contributed by atoms with Gasteiger partial charge in [-0.25, -0.2) is 9.78 Å². The zero-order valence-corrected chi connectivity index (χ0v) is 13.5. The van der Waals surface area contributed by atoms with Gasteiger partial charge in [0.25, 0.3) is 5.56 Å². The van der Waals surface area contributed by atoms with E-state index in [2.05, 4.69) is 4.98 Å². The van der Waals surface area contributed by atoms with E-state index in [-0.39, 0.29) is 5.56 Å². The van der Waals surface area contributed by atoms with E-state index >= 15 is 0 Å². The highest BCUT2D eigenvalue weighted by Crippen LogP contribution is 2.25. The Balaban J connectivity index is 1.89. The molecule has 0 aromatic carbocycles.